The average Bonchev–Trinajstić information content (AvgIpc) is 1.88. The topological polar surface area (TPSA) is 0 Å². The Bertz CT molecular complexity index is 130. The largest absolute Gasteiger partial charge is 0.328 e. The molecule has 0 saturated heterocycles. The van der Waals surface area contributed by atoms with Gasteiger partial charge in [-0.05, 0) is 6.42 Å². The minimum Gasteiger partial charge on any atom is -0.328 e. The first-order chi connectivity index (χ1) is 4.61. The standard InChI is InChI=1S/C9H17N/c1-10(2,3)9-7-5-4-6-8-9/h4-5,8-9H,6-7H2,1-3H3/q+1. The maximum absolute atomic E-state index is 2.40. The number of allylic oxidation sites excluding steroid dienone is 1. The quantitative estimate of drug-likeness (QED) is 0.382. The molecule has 0 bridgehead atoms. The lowest BCUT2D eigenvalue weighted by atomic mass is 10.00. The van der Waals surface area contributed by atoms with Crippen molar-refractivity contribution in [1.29, 1.82) is 0 Å². The fourth-order valence-electron chi connectivity index (χ4n) is 1.30. The fourth-order valence-corrected chi connectivity index (χ4v) is 1.30. The van der Waals surface area contributed by atoms with Crippen LogP contribution >= 0.6 is 0 Å². The zero-order valence-electron chi connectivity index (χ0n) is 7.17. The second kappa shape index (κ2) is 2.75. The molecule has 1 radical (unpaired) electrons. The molecule has 1 unspecified atom stereocenters. The summed E-state index contributed by atoms with van der Waals surface area (Å²) >= 11 is 0. The van der Waals surface area contributed by atoms with Crippen molar-refractivity contribution in [3.8, 4) is 0 Å². The molecule has 0 aromatic heterocycles. The Labute approximate surface area is 63.9 Å². The number of rotatable bonds is 1. The Morgan fingerprint density at radius 1 is 1.20 bits per heavy atom. The first-order valence-electron chi connectivity index (χ1n) is 3.90. The number of quaternary nitrogens is 1. The van der Waals surface area contributed by atoms with Crippen LogP contribution in [-0.4, -0.2) is 31.7 Å². The van der Waals surface area contributed by atoms with Crippen LogP contribution in [0.15, 0.2) is 12.2 Å². The second-order valence-electron chi connectivity index (χ2n) is 3.86. The second-order valence-corrected chi connectivity index (χ2v) is 3.86. The van der Waals surface area contributed by atoms with Gasteiger partial charge in [0.05, 0.1) is 27.2 Å². The molecule has 1 rings (SSSR count). The van der Waals surface area contributed by atoms with E-state index in [1.165, 1.54) is 6.42 Å². The Hall–Kier alpha value is -0.300. The molecular formula is C9H17N+. The lowest BCUT2D eigenvalue weighted by Crippen LogP contribution is -2.45. The molecule has 57 valence electrons. The van der Waals surface area contributed by atoms with Crippen LogP contribution in [-0.2, 0) is 0 Å². The summed E-state index contributed by atoms with van der Waals surface area (Å²) < 4.78 is 1.06. The Morgan fingerprint density at radius 2 is 1.90 bits per heavy atom. The summed E-state index contributed by atoms with van der Waals surface area (Å²) in [5, 5.41) is 0. The van der Waals surface area contributed by atoms with Gasteiger partial charge >= 0.3 is 0 Å². The van der Waals surface area contributed by atoms with Gasteiger partial charge in [-0.3, -0.25) is 0 Å². The van der Waals surface area contributed by atoms with Crippen molar-refractivity contribution < 1.29 is 4.48 Å². The van der Waals surface area contributed by atoms with Crippen LogP contribution in [0.25, 0.3) is 0 Å². The van der Waals surface area contributed by atoms with Gasteiger partial charge < -0.3 is 4.48 Å². The van der Waals surface area contributed by atoms with Gasteiger partial charge in [-0.25, -0.2) is 0 Å². The summed E-state index contributed by atoms with van der Waals surface area (Å²) in [6, 6.07) is 0.727. The molecular weight excluding hydrogens is 122 g/mol. The molecule has 0 aromatic rings. The number of hydrogen-bond donors (Lipinski definition) is 0. The van der Waals surface area contributed by atoms with E-state index in [4.69, 9.17) is 0 Å². The molecule has 0 spiro atoms. The maximum atomic E-state index is 2.40. The molecule has 10 heavy (non-hydrogen) atoms. The highest BCUT2D eigenvalue weighted by atomic mass is 15.3. The van der Waals surface area contributed by atoms with Crippen molar-refractivity contribution in [3.05, 3.63) is 18.6 Å². The SMILES string of the molecule is C[N+](C)(C)C1[CH]CC=CC1. The van der Waals surface area contributed by atoms with Crippen molar-refractivity contribution in [2.45, 2.75) is 18.9 Å². The van der Waals surface area contributed by atoms with Crippen molar-refractivity contribution in [3.63, 3.8) is 0 Å². The van der Waals surface area contributed by atoms with E-state index in [1.54, 1.807) is 0 Å². The molecule has 0 N–H and O–H groups in total. The zero-order chi connectivity index (χ0) is 7.61. The van der Waals surface area contributed by atoms with Gasteiger partial charge in [-0.1, -0.05) is 12.2 Å². The van der Waals surface area contributed by atoms with Crippen LogP contribution in [0, 0.1) is 6.42 Å². The normalized spacial score (nSPS) is 26.9. The summed E-state index contributed by atoms with van der Waals surface area (Å²) in [7, 11) is 6.75. The summed E-state index contributed by atoms with van der Waals surface area (Å²) in [4.78, 5) is 0. The summed E-state index contributed by atoms with van der Waals surface area (Å²) in [5.41, 5.74) is 0. The van der Waals surface area contributed by atoms with E-state index in [9.17, 15) is 0 Å². The first kappa shape index (κ1) is 7.80. The van der Waals surface area contributed by atoms with E-state index in [0.29, 0.717) is 0 Å². The van der Waals surface area contributed by atoms with Crippen LogP contribution in [0.5, 0.6) is 0 Å². The minimum atomic E-state index is 0.727. The predicted octanol–water partition coefficient (Wildman–Crippen LogP) is 1.62. The van der Waals surface area contributed by atoms with Gasteiger partial charge in [-0.15, -0.1) is 0 Å². The van der Waals surface area contributed by atoms with Crippen LogP contribution < -0.4 is 0 Å². The monoisotopic (exact) mass is 139 g/mol. The molecule has 0 aliphatic heterocycles. The van der Waals surface area contributed by atoms with Gasteiger partial charge in [0.1, 0.15) is 0 Å². The van der Waals surface area contributed by atoms with E-state index in [-0.39, 0.29) is 0 Å². The summed E-state index contributed by atoms with van der Waals surface area (Å²) in [6.07, 6.45) is 9.30. The highest BCUT2D eigenvalue weighted by molar-refractivity contribution is 4.99. The third-order valence-corrected chi connectivity index (χ3v) is 2.08. The molecule has 1 nitrogen and oxygen atoms in total. The smallest absolute Gasteiger partial charge is 0.0955 e. The zero-order valence-corrected chi connectivity index (χ0v) is 7.17. The van der Waals surface area contributed by atoms with E-state index in [0.717, 1.165) is 16.9 Å². The van der Waals surface area contributed by atoms with Crippen LogP contribution in [0.3, 0.4) is 0 Å². The lowest BCUT2D eigenvalue weighted by molar-refractivity contribution is -0.891. The van der Waals surface area contributed by atoms with Crippen molar-refractivity contribution in [1.82, 2.24) is 0 Å². The van der Waals surface area contributed by atoms with E-state index >= 15 is 0 Å². The Morgan fingerprint density at radius 3 is 2.20 bits per heavy atom. The molecule has 0 heterocycles. The highest BCUT2D eigenvalue weighted by Crippen LogP contribution is 2.17. The van der Waals surface area contributed by atoms with Crippen molar-refractivity contribution >= 4 is 0 Å². The fraction of sp³-hybridized carbons (Fsp3) is 0.667. The molecule has 0 saturated carbocycles. The van der Waals surface area contributed by atoms with Gasteiger partial charge in [-0.2, -0.15) is 0 Å². The minimum absolute atomic E-state index is 0.727. The van der Waals surface area contributed by atoms with Crippen LogP contribution in [0.2, 0.25) is 0 Å². The van der Waals surface area contributed by atoms with Gasteiger partial charge in [0, 0.05) is 12.8 Å². The van der Waals surface area contributed by atoms with Gasteiger partial charge in [0.15, 0.2) is 0 Å². The molecule has 1 heteroatoms. The van der Waals surface area contributed by atoms with E-state index in [1.807, 2.05) is 0 Å². The average molecular weight is 139 g/mol. The lowest BCUT2D eigenvalue weighted by Gasteiger charge is -2.34. The molecule has 1 atom stereocenters. The highest BCUT2D eigenvalue weighted by Gasteiger charge is 2.23. The Balaban J connectivity index is 2.49. The number of hydrogen-bond acceptors (Lipinski definition) is 0. The van der Waals surface area contributed by atoms with Gasteiger partial charge in [0.2, 0.25) is 0 Å². The first-order valence-corrected chi connectivity index (χ1v) is 3.90. The molecule has 0 aromatic carbocycles. The third-order valence-electron chi connectivity index (χ3n) is 2.08. The van der Waals surface area contributed by atoms with Crippen molar-refractivity contribution in [2.75, 3.05) is 21.1 Å². The summed E-state index contributed by atoms with van der Waals surface area (Å²) in [5.74, 6) is 0. The third kappa shape index (κ3) is 1.84. The summed E-state index contributed by atoms with van der Waals surface area (Å²) in [6.45, 7) is 0. The molecule has 0 fully saturated rings. The maximum Gasteiger partial charge on any atom is 0.0955 e. The number of nitrogens with zero attached hydrogens (tertiary/aromatic N) is 1. The van der Waals surface area contributed by atoms with Crippen LogP contribution in [0.1, 0.15) is 12.8 Å². The molecule has 1 aliphatic rings. The molecule has 1 aliphatic carbocycles. The Kier molecular flexibility index (Phi) is 2.14. The van der Waals surface area contributed by atoms with E-state index in [2.05, 4.69) is 39.7 Å². The van der Waals surface area contributed by atoms with E-state index < -0.39 is 0 Å². The van der Waals surface area contributed by atoms with Crippen LogP contribution in [0.4, 0.5) is 0 Å². The predicted molar refractivity (Wildman–Crippen MR) is 44.5 cm³/mol. The van der Waals surface area contributed by atoms with Gasteiger partial charge in [0.25, 0.3) is 0 Å². The molecule has 0 amide bonds. The van der Waals surface area contributed by atoms with Crippen molar-refractivity contribution in [2.24, 2.45) is 0 Å².